The summed E-state index contributed by atoms with van der Waals surface area (Å²) in [4.78, 5) is 0.976. The van der Waals surface area contributed by atoms with E-state index in [0.29, 0.717) is 23.8 Å². The molecule has 1 rings (SSSR count). The van der Waals surface area contributed by atoms with E-state index in [1.165, 1.54) is 0 Å². The van der Waals surface area contributed by atoms with Crippen LogP contribution in [0.1, 0.15) is 25.8 Å². The first kappa shape index (κ1) is 12.9. The van der Waals surface area contributed by atoms with E-state index < -0.39 is 0 Å². The van der Waals surface area contributed by atoms with Gasteiger partial charge in [-0.1, -0.05) is 19.9 Å². The number of hydrogen-bond donors (Lipinski definition) is 0. The molecule has 16 heavy (non-hydrogen) atoms. The van der Waals surface area contributed by atoms with Gasteiger partial charge < -0.3 is 4.74 Å². The SMILES string of the molecule is CSc1cccc(OCCC(C)C)c1C#N. The summed E-state index contributed by atoms with van der Waals surface area (Å²) in [6, 6.07) is 7.94. The van der Waals surface area contributed by atoms with Crippen molar-refractivity contribution < 1.29 is 4.74 Å². The van der Waals surface area contributed by atoms with E-state index in [9.17, 15) is 0 Å². The Labute approximate surface area is 102 Å². The fourth-order valence-corrected chi connectivity index (χ4v) is 1.88. The predicted octanol–water partition coefficient (Wildman–Crippen LogP) is 3.71. The molecule has 0 saturated heterocycles. The Bertz CT molecular complexity index is 382. The topological polar surface area (TPSA) is 33.0 Å². The van der Waals surface area contributed by atoms with Gasteiger partial charge in [0.15, 0.2) is 0 Å². The first-order valence-electron chi connectivity index (χ1n) is 5.39. The normalized spacial score (nSPS) is 10.2. The predicted molar refractivity (Wildman–Crippen MR) is 67.9 cm³/mol. The van der Waals surface area contributed by atoms with Crippen LogP contribution in [0, 0.1) is 17.2 Å². The molecule has 0 fully saturated rings. The molecule has 0 saturated carbocycles. The maximum absolute atomic E-state index is 9.10. The molecule has 3 heteroatoms. The third kappa shape index (κ3) is 3.46. The van der Waals surface area contributed by atoms with E-state index in [1.54, 1.807) is 11.8 Å². The van der Waals surface area contributed by atoms with Crippen molar-refractivity contribution in [2.45, 2.75) is 25.2 Å². The van der Waals surface area contributed by atoms with Gasteiger partial charge >= 0.3 is 0 Å². The largest absolute Gasteiger partial charge is 0.492 e. The van der Waals surface area contributed by atoms with Crippen molar-refractivity contribution in [2.75, 3.05) is 12.9 Å². The van der Waals surface area contributed by atoms with E-state index in [-0.39, 0.29) is 0 Å². The number of benzene rings is 1. The Morgan fingerprint density at radius 1 is 1.44 bits per heavy atom. The number of thioether (sulfide) groups is 1. The van der Waals surface area contributed by atoms with Crippen LogP contribution in [0.5, 0.6) is 5.75 Å². The summed E-state index contributed by atoms with van der Waals surface area (Å²) in [5.41, 5.74) is 0.652. The van der Waals surface area contributed by atoms with Crippen LogP contribution in [-0.4, -0.2) is 12.9 Å². The molecule has 0 aromatic heterocycles. The second-order valence-corrected chi connectivity index (χ2v) is 4.82. The van der Waals surface area contributed by atoms with E-state index in [0.717, 1.165) is 11.3 Å². The molecule has 0 heterocycles. The van der Waals surface area contributed by atoms with Gasteiger partial charge in [-0.25, -0.2) is 0 Å². The molecular weight excluding hydrogens is 218 g/mol. The monoisotopic (exact) mass is 235 g/mol. The molecule has 0 unspecified atom stereocenters. The van der Waals surface area contributed by atoms with Crippen molar-refractivity contribution >= 4 is 11.8 Å². The molecule has 1 aromatic rings. The van der Waals surface area contributed by atoms with Gasteiger partial charge in [0.05, 0.1) is 6.61 Å². The van der Waals surface area contributed by atoms with E-state index in [1.807, 2.05) is 24.5 Å². The quantitative estimate of drug-likeness (QED) is 0.729. The van der Waals surface area contributed by atoms with Crippen LogP contribution in [0.25, 0.3) is 0 Å². The summed E-state index contributed by atoms with van der Waals surface area (Å²) >= 11 is 1.57. The summed E-state index contributed by atoms with van der Waals surface area (Å²) in [6.07, 6.45) is 2.97. The summed E-state index contributed by atoms with van der Waals surface area (Å²) in [5, 5.41) is 9.10. The molecule has 0 radical (unpaired) electrons. The first-order valence-corrected chi connectivity index (χ1v) is 6.61. The lowest BCUT2D eigenvalue weighted by atomic mass is 10.1. The van der Waals surface area contributed by atoms with Crippen molar-refractivity contribution in [3.63, 3.8) is 0 Å². The molecule has 0 spiro atoms. The number of ether oxygens (including phenoxy) is 1. The van der Waals surface area contributed by atoms with Gasteiger partial charge in [-0.2, -0.15) is 5.26 Å². The van der Waals surface area contributed by atoms with Crippen molar-refractivity contribution in [1.29, 1.82) is 5.26 Å². The Morgan fingerprint density at radius 3 is 2.75 bits per heavy atom. The summed E-state index contributed by atoms with van der Waals surface area (Å²) in [5.74, 6) is 1.32. The standard InChI is InChI=1S/C13H17NOS/c1-10(2)7-8-15-12-5-4-6-13(16-3)11(12)9-14/h4-6,10H,7-8H2,1-3H3. The Hall–Kier alpha value is -1.14. The van der Waals surface area contributed by atoms with Crippen LogP contribution in [0.15, 0.2) is 23.1 Å². The van der Waals surface area contributed by atoms with Crippen LogP contribution in [0.4, 0.5) is 0 Å². The molecule has 2 nitrogen and oxygen atoms in total. The Balaban J connectivity index is 2.76. The number of nitrogens with zero attached hydrogens (tertiary/aromatic N) is 1. The smallest absolute Gasteiger partial charge is 0.138 e. The molecule has 0 aliphatic carbocycles. The molecule has 0 aliphatic rings. The molecule has 1 aromatic carbocycles. The third-order valence-corrected chi connectivity index (χ3v) is 3.05. The zero-order valence-corrected chi connectivity index (χ0v) is 10.8. The lowest BCUT2D eigenvalue weighted by Gasteiger charge is -2.10. The van der Waals surface area contributed by atoms with Crippen molar-refractivity contribution in [1.82, 2.24) is 0 Å². The minimum atomic E-state index is 0.620. The van der Waals surface area contributed by atoms with Crippen LogP contribution in [-0.2, 0) is 0 Å². The molecule has 0 aliphatic heterocycles. The summed E-state index contributed by atoms with van der Waals surface area (Å²) in [7, 11) is 0. The number of nitriles is 1. The van der Waals surface area contributed by atoms with Crippen LogP contribution < -0.4 is 4.74 Å². The molecule has 0 bridgehead atoms. The van der Waals surface area contributed by atoms with Gasteiger partial charge in [0.2, 0.25) is 0 Å². The zero-order chi connectivity index (χ0) is 12.0. The van der Waals surface area contributed by atoms with Crippen molar-refractivity contribution in [2.24, 2.45) is 5.92 Å². The maximum atomic E-state index is 9.10. The van der Waals surface area contributed by atoms with Gasteiger partial charge in [0.1, 0.15) is 17.4 Å². The molecule has 0 amide bonds. The Morgan fingerprint density at radius 2 is 2.19 bits per heavy atom. The summed E-state index contributed by atoms with van der Waals surface area (Å²) in [6.45, 7) is 4.99. The van der Waals surface area contributed by atoms with Gasteiger partial charge in [0, 0.05) is 4.90 Å². The van der Waals surface area contributed by atoms with E-state index in [4.69, 9.17) is 10.00 Å². The van der Waals surface area contributed by atoms with Crippen molar-refractivity contribution in [3.8, 4) is 11.8 Å². The first-order chi connectivity index (χ1) is 7.69. The van der Waals surface area contributed by atoms with Crippen LogP contribution >= 0.6 is 11.8 Å². The highest BCUT2D eigenvalue weighted by Gasteiger charge is 2.08. The van der Waals surface area contributed by atoms with E-state index >= 15 is 0 Å². The number of hydrogen-bond acceptors (Lipinski definition) is 3. The fraction of sp³-hybridized carbons (Fsp3) is 0.462. The molecular formula is C13H17NOS. The Kier molecular flexibility index (Phi) is 5.21. The second kappa shape index (κ2) is 6.44. The lowest BCUT2D eigenvalue weighted by Crippen LogP contribution is -2.02. The van der Waals surface area contributed by atoms with Crippen LogP contribution in [0.3, 0.4) is 0 Å². The van der Waals surface area contributed by atoms with Gasteiger partial charge in [-0.05, 0) is 30.7 Å². The molecule has 0 atom stereocenters. The summed E-state index contributed by atoms with van der Waals surface area (Å²) < 4.78 is 5.65. The highest BCUT2D eigenvalue weighted by Crippen LogP contribution is 2.28. The second-order valence-electron chi connectivity index (χ2n) is 3.98. The highest BCUT2D eigenvalue weighted by atomic mass is 32.2. The van der Waals surface area contributed by atoms with Crippen molar-refractivity contribution in [3.05, 3.63) is 23.8 Å². The van der Waals surface area contributed by atoms with Crippen LogP contribution in [0.2, 0.25) is 0 Å². The van der Waals surface area contributed by atoms with Gasteiger partial charge in [0.25, 0.3) is 0 Å². The fourth-order valence-electron chi connectivity index (χ4n) is 1.32. The lowest BCUT2D eigenvalue weighted by molar-refractivity contribution is 0.288. The third-order valence-electron chi connectivity index (χ3n) is 2.27. The average molecular weight is 235 g/mol. The number of rotatable bonds is 5. The molecule has 0 N–H and O–H groups in total. The zero-order valence-electron chi connectivity index (χ0n) is 9.99. The minimum Gasteiger partial charge on any atom is -0.492 e. The average Bonchev–Trinajstić information content (AvgIpc) is 2.28. The molecule has 86 valence electrons. The van der Waals surface area contributed by atoms with Gasteiger partial charge in [-0.3, -0.25) is 0 Å². The van der Waals surface area contributed by atoms with Gasteiger partial charge in [-0.15, -0.1) is 11.8 Å². The maximum Gasteiger partial charge on any atom is 0.138 e. The minimum absolute atomic E-state index is 0.620. The van der Waals surface area contributed by atoms with E-state index in [2.05, 4.69) is 19.9 Å². The highest BCUT2D eigenvalue weighted by molar-refractivity contribution is 7.98.